The van der Waals surface area contributed by atoms with E-state index in [9.17, 15) is 4.79 Å². The van der Waals surface area contributed by atoms with Gasteiger partial charge in [0.1, 0.15) is 0 Å². The van der Waals surface area contributed by atoms with Crippen molar-refractivity contribution in [1.82, 2.24) is 4.90 Å². The van der Waals surface area contributed by atoms with Gasteiger partial charge < -0.3 is 4.90 Å². The maximum atomic E-state index is 11.4. The van der Waals surface area contributed by atoms with Crippen LogP contribution >= 0.6 is 11.8 Å². The standard InChI is InChI=1S/C14H19NOS/c16-14-9-6-11-15(14)10-4-5-12-17-13-7-2-1-3-8-13/h1-3,7-8H,4-6,9-12H2. The molecule has 1 saturated heterocycles. The molecule has 0 spiro atoms. The number of carbonyl (C=O) groups is 1. The van der Waals surface area contributed by atoms with Gasteiger partial charge in [-0.25, -0.2) is 0 Å². The number of nitrogens with zero attached hydrogens (tertiary/aromatic N) is 1. The molecule has 3 heteroatoms. The topological polar surface area (TPSA) is 20.3 Å². The Kier molecular flexibility index (Phi) is 4.92. The largest absolute Gasteiger partial charge is 0.343 e. The van der Waals surface area contributed by atoms with Crippen molar-refractivity contribution in [3.63, 3.8) is 0 Å². The number of benzene rings is 1. The lowest BCUT2D eigenvalue weighted by molar-refractivity contribution is -0.127. The van der Waals surface area contributed by atoms with Crippen LogP contribution in [-0.4, -0.2) is 29.6 Å². The van der Waals surface area contributed by atoms with Crippen LogP contribution in [0.1, 0.15) is 25.7 Å². The Balaban J connectivity index is 1.56. The predicted octanol–water partition coefficient (Wildman–Crippen LogP) is 3.18. The SMILES string of the molecule is O=C1CCCN1CCCCSc1ccccc1. The molecule has 0 aromatic heterocycles. The van der Waals surface area contributed by atoms with Crippen molar-refractivity contribution >= 4 is 17.7 Å². The second-order valence-corrected chi connectivity index (χ2v) is 5.52. The molecule has 0 bridgehead atoms. The molecule has 0 N–H and O–H groups in total. The van der Waals surface area contributed by atoms with E-state index in [0.29, 0.717) is 5.91 Å². The van der Waals surface area contributed by atoms with Crippen LogP contribution in [0, 0.1) is 0 Å². The summed E-state index contributed by atoms with van der Waals surface area (Å²) in [6.45, 7) is 1.93. The molecule has 0 radical (unpaired) electrons. The Morgan fingerprint density at radius 2 is 2.00 bits per heavy atom. The Morgan fingerprint density at radius 3 is 2.71 bits per heavy atom. The molecule has 92 valence electrons. The van der Waals surface area contributed by atoms with Crippen LogP contribution in [0.25, 0.3) is 0 Å². The third kappa shape index (κ3) is 4.08. The third-order valence-corrected chi connectivity index (χ3v) is 4.10. The molecule has 0 atom stereocenters. The van der Waals surface area contributed by atoms with Crippen LogP contribution in [0.5, 0.6) is 0 Å². The van der Waals surface area contributed by atoms with Gasteiger partial charge in [-0.3, -0.25) is 4.79 Å². The fraction of sp³-hybridized carbons (Fsp3) is 0.500. The molecule has 0 unspecified atom stereocenters. The molecule has 0 aliphatic carbocycles. The summed E-state index contributed by atoms with van der Waals surface area (Å²) >= 11 is 1.90. The number of likely N-dealkylation sites (tertiary alicyclic amines) is 1. The first kappa shape index (κ1) is 12.5. The minimum atomic E-state index is 0.348. The van der Waals surface area contributed by atoms with Gasteiger partial charge in [-0.15, -0.1) is 11.8 Å². The van der Waals surface area contributed by atoms with Gasteiger partial charge in [-0.2, -0.15) is 0 Å². The third-order valence-electron chi connectivity index (χ3n) is 3.01. The lowest BCUT2D eigenvalue weighted by atomic mass is 10.3. The minimum absolute atomic E-state index is 0.348. The fourth-order valence-corrected chi connectivity index (χ4v) is 2.99. The first-order valence-electron chi connectivity index (χ1n) is 6.32. The van der Waals surface area contributed by atoms with Crippen molar-refractivity contribution < 1.29 is 4.79 Å². The zero-order valence-corrected chi connectivity index (χ0v) is 10.9. The van der Waals surface area contributed by atoms with Gasteiger partial charge in [0.2, 0.25) is 5.91 Å². The predicted molar refractivity (Wildman–Crippen MR) is 72.2 cm³/mol. The molecule has 1 aliphatic heterocycles. The second-order valence-electron chi connectivity index (χ2n) is 4.35. The molecule has 2 rings (SSSR count). The first-order valence-corrected chi connectivity index (χ1v) is 7.30. The zero-order valence-electron chi connectivity index (χ0n) is 10.1. The highest BCUT2D eigenvalue weighted by Crippen LogP contribution is 2.19. The summed E-state index contributed by atoms with van der Waals surface area (Å²) in [5, 5.41) is 0. The number of unbranched alkanes of at least 4 members (excludes halogenated alkanes) is 1. The highest BCUT2D eigenvalue weighted by molar-refractivity contribution is 7.99. The molecule has 1 heterocycles. The van der Waals surface area contributed by atoms with Crippen molar-refractivity contribution in [3.8, 4) is 0 Å². The summed E-state index contributed by atoms with van der Waals surface area (Å²) in [6, 6.07) is 10.5. The Labute approximate surface area is 107 Å². The quantitative estimate of drug-likeness (QED) is 0.570. The zero-order chi connectivity index (χ0) is 11.9. The van der Waals surface area contributed by atoms with Crippen LogP contribution in [0.3, 0.4) is 0 Å². The maximum absolute atomic E-state index is 11.4. The van der Waals surface area contributed by atoms with Gasteiger partial charge in [0.05, 0.1) is 0 Å². The number of hydrogen-bond acceptors (Lipinski definition) is 2. The van der Waals surface area contributed by atoms with Gasteiger partial charge in [0, 0.05) is 24.4 Å². The maximum Gasteiger partial charge on any atom is 0.222 e. The number of carbonyl (C=O) groups excluding carboxylic acids is 1. The van der Waals surface area contributed by atoms with E-state index in [4.69, 9.17) is 0 Å². The van der Waals surface area contributed by atoms with E-state index in [1.54, 1.807) is 0 Å². The van der Waals surface area contributed by atoms with Gasteiger partial charge in [0.25, 0.3) is 0 Å². The Morgan fingerprint density at radius 1 is 1.18 bits per heavy atom. The summed E-state index contributed by atoms with van der Waals surface area (Å²) in [6.07, 6.45) is 4.13. The Hall–Kier alpha value is -0.960. The van der Waals surface area contributed by atoms with E-state index in [2.05, 4.69) is 24.3 Å². The van der Waals surface area contributed by atoms with Crippen molar-refractivity contribution in [2.75, 3.05) is 18.8 Å². The minimum Gasteiger partial charge on any atom is -0.343 e. The summed E-state index contributed by atoms with van der Waals surface area (Å²) in [7, 11) is 0. The molecule has 1 aromatic rings. The van der Waals surface area contributed by atoms with Gasteiger partial charge >= 0.3 is 0 Å². The summed E-state index contributed by atoms with van der Waals surface area (Å²) < 4.78 is 0. The van der Waals surface area contributed by atoms with E-state index in [0.717, 1.165) is 38.1 Å². The van der Waals surface area contributed by atoms with Crippen LogP contribution in [0.2, 0.25) is 0 Å². The molecule has 1 fully saturated rings. The highest BCUT2D eigenvalue weighted by atomic mass is 32.2. The number of hydrogen-bond donors (Lipinski definition) is 0. The highest BCUT2D eigenvalue weighted by Gasteiger charge is 2.18. The van der Waals surface area contributed by atoms with Gasteiger partial charge in [-0.05, 0) is 37.1 Å². The number of amides is 1. The normalized spacial score (nSPS) is 15.5. The van der Waals surface area contributed by atoms with Crippen molar-refractivity contribution in [3.05, 3.63) is 30.3 Å². The molecule has 1 amide bonds. The fourth-order valence-electron chi connectivity index (χ4n) is 2.05. The molecule has 0 saturated carbocycles. The van der Waals surface area contributed by atoms with E-state index >= 15 is 0 Å². The molecule has 2 nitrogen and oxygen atoms in total. The van der Waals surface area contributed by atoms with Gasteiger partial charge in [-0.1, -0.05) is 18.2 Å². The van der Waals surface area contributed by atoms with E-state index < -0.39 is 0 Å². The molecule has 17 heavy (non-hydrogen) atoms. The lowest BCUT2D eigenvalue weighted by Crippen LogP contribution is -2.25. The monoisotopic (exact) mass is 249 g/mol. The van der Waals surface area contributed by atoms with Gasteiger partial charge in [0.15, 0.2) is 0 Å². The lowest BCUT2D eigenvalue weighted by Gasteiger charge is -2.14. The van der Waals surface area contributed by atoms with Crippen LogP contribution in [0.4, 0.5) is 0 Å². The Bertz CT molecular complexity index is 352. The number of thioether (sulfide) groups is 1. The van der Waals surface area contributed by atoms with Crippen molar-refractivity contribution in [2.45, 2.75) is 30.6 Å². The van der Waals surface area contributed by atoms with E-state index in [1.807, 2.05) is 22.7 Å². The smallest absolute Gasteiger partial charge is 0.222 e. The molecule has 1 aliphatic rings. The first-order chi connectivity index (χ1) is 8.36. The van der Waals surface area contributed by atoms with Crippen LogP contribution < -0.4 is 0 Å². The van der Waals surface area contributed by atoms with Crippen LogP contribution in [0.15, 0.2) is 35.2 Å². The molecular formula is C14H19NOS. The van der Waals surface area contributed by atoms with E-state index in [-0.39, 0.29) is 0 Å². The van der Waals surface area contributed by atoms with E-state index in [1.165, 1.54) is 11.3 Å². The summed E-state index contributed by atoms with van der Waals surface area (Å²) in [5.74, 6) is 1.49. The molecular weight excluding hydrogens is 230 g/mol. The second kappa shape index (κ2) is 6.70. The summed E-state index contributed by atoms with van der Waals surface area (Å²) in [4.78, 5) is 14.7. The average Bonchev–Trinajstić information content (AvgIpc) is 2.76. The summed E-state index contributed by atoms with van der Waals surface area (Å²) in [5.41, 5.74) is 0. The van der Waals surface area contributed by atoms with Crippen molar-refractivity contribution in [2.24, 2.45) is 0 Å². The van der Waals surface area contributed by atoms with Crippen LogP contribution in [-0.2, 0) is 4.79 Å². The van der Waals surface area contributed by atoms with Crippen molar-refractivity contribution in [1.29, 1.82) is 0 Å². The average molecular weight is 249 g/mol. The molecule has 1 aromatic carbocycles. The number of rotatable bonds is 6.